The number of carbonyl (C=O) groups is 1. The zero-order chi connectivity index (χ0) is 17.5. The Kier molecular flexibility index (Phi) is 6.41. The molecule has 24 heavy (non-hydrogen) atoms. The van der Waals surface area contributed by atoms with Crippen LogP contribution in [0.25, 0.3) is 5.76 Å². The van der Waals surface area contributed by atoms with Crippen LogP contribution in [0, 0.1) is 0 Å². The zero-order valence-corrected chi connectivity index (χ0v) is 14.4. The van der Waals surface area contributed by atoms with E-state index in [2.05, 4.69) is 4.99 Å². The van der Waals surface area contributed by atoms with Crippen molar-refractivity contribution >= 4 is 46.8 Å². The van der Waals surface area contributed by atoms with Gasteiger partial charge in [0.25, 0.3) is 0 Å². The maximum atomic E-state index is 12.1. The molecule has 0 aromatic heterocycles. The summed E-state index contributed by atoms with van der Waals surface area (Å²) < 4.78 is 4.98. The molecule has 0 bridgehead atoms. The Bertz CT molecular complexity index is 786. The van der Waals surface area contributed by atoms with Crippen LogP contribution >= 0.6 is 23.2 Å². The maximum absolute atomic E-state index is 12.1. The van der Waals surface area contributed by atoms with Gasteiger partial charge in [0, 0.05) is 11.8 Å². The Morgan fingerprint density at radius 1 is 1.17 bits per heavy atom. The van der Waals surface area contributed by atoms with Crippen LogP contribution in [-0.2, 0) is 9.53 Å². The average molecular weight is 364 g/mol. The van der Waals surface area contributed by atoms with E-state index in [4.69, 9.17) is 27.9 Å². The number of rotatable bonds is 5. The molecule has 0 spiro atoms. The highest BCUT2D eigenvalue weighted by molar-refractivity contribution is 6.42. The van der Waals surface area contributed by atoms with Crippen molar-refractivity contribution < 1.29 is 14.6 Å². The fourth-order valence-electron chi connectivity index (χ4n) is 1.88. The Balaban J connectivity index is 2.41. The number of hydrogen-bond donors (Lipinski definition) is 1. The van der Waals surface area contributed by atoms with Crippen molar-refractivity contribution in [2.75, 3.05) is 6.61 Å². The van der Waals surface area contributed by atoms with Crippen LogP contribution in [0.15, 0.2) is 59.1 Å². The number of ether oxygens (including phenoxy) is 1. The topological polar surface area (TPSA) is 58.9 Å². The summed E-state index contributed by atoms with van der Waals surface area (Å²) >= 11 is 11.8. The molecule has 0 heterocycles. The fraction of sp³-hybridized carbons (Fsp3) is 0.111. The van der Waals surface area contributed by atoms with Gasteiger partial charge in [-0.1, -0.05) is 53.5 Å². The van der Waals surface area contributed by atoms with E-state index in [0.29, 0.717) is 21.3 Å². The van der Waals surface area contributed by atoms with Gasteiger partial charge < -0.3 is 9.84 Å². The average Bonchev–Trinajstić information content (AvgIpc) is 2.59. The monoisotopic (exact) mass is 363 g/mol. The SMILES string of the molecule is CCOC(=O)/C(C=Nc1ccc(Cl)c(Cl)c1)=C(/O)c1ccccc1. The van der Waals surface area contributed by atoms with Gasteiger partial charge in [-0.3, -0.25) is 4.99 Å². The first kappa shape index (κ1) is 18.0. The molecule has 0 aliphatic heterocycles. The Morgan fingerprint density at radius 2 is 1.88 bits per heavy atom. The lowest BCUT2D eigenvalue weighted by atomic mass is 10.1. The zero-order valence-electron chi connectivity index (χ0n) is 12.9. The number of hydrogen-bond acceptors (Lipinski definition) is 4. The lowest BCUT2D eigenvalue weighted by Crippen LogP contribution is -2.11. The summed E-state index contributed by atoms with van der Waals surface area (Å²) in [4.78, 5) is 16.3. The van der Waals surface area contributed by atoms with Gasteiger partial charge >= 0.3 is 5.97 Å². The van der Waals surface area contributed by atoms with E-state index in [9.17, 15) is 9.90 Å². The predicted octanol–water partition coefficient (Wildman–Crippen LogP) is 5.23. The molecule has 0 amide bonds. The minimum Gasteiger partial charge on any atom is -0.506 e. The summed E-state index contributed by atoms with van der Waals surface area (Å²) in [5.74, 6) is -0.875. The molecular weight excluding hydrogens is 349 g/mol. The van der Waals surface area contributed by atoms with Gasteiger partial charge in [-0.15, -0.1) is 0 Å². The van der Waals surface area contributed by atoms with E-state index >= 15 is 0 Å². The van der Waals surface area contributed by atoms with Crippen molar-refractivity contribution in [2.24, 2.45) is 4.99 Å². The molecule has 124 valence electrons. The van der Waals surface area contributed by atoms with Crippen molar-refractivity contribution in [1.82, 2.24) is 0 Å². The Labute approximate surface area is 150 Å². The van der Waals surface area contributed by atoms with Crippen LogP contribution in [-0.4, -0.2) is 23.9 Å². The van der Waals surface area contributed by atoms with Crippen LogP contribution in [0.4, 0.5) is 5.69 Å². The molecule has 0 atom stereocenters. The standard InChI is InChI=1S/C18H15Cl2NO3/c1-2-24-18(23)14(17(22)12-6-4-3-5-7-12)11-21-13-8-9-15(19)16(20)10-13/h3-11,22H,2H2,1H3/b17-14+,21-11?. The molecule has 2 rings (SSSR count). The summed E-state index contributed by atoms with van der Waals surface area (Å²) in [6.45, 7) is 1.87. The van der Waals surface area contributed by atoms with E-state index < -0.39 is 5.97 Å². The molecule has 0 saturated carbocycles. The van der Waals surface area contributed by atoms with Crippen LogP contribution in [0.5, 0.6) is 0 Å². The number of esters is 1. The molecule has 0 unspecified atom stereocenters. The molecule has 2 aromatic rings. The lowest BCUT2D eigenvalue weighted by Gasteiger charge is -2.07. The largest absolute Gasteiger partial charge is 0.506 e. The van der Waals surface area contributed by atoms with Gasteiger partial charge in [0.15, 0.2) is 0 Å². The maximum Gasteiger partial charge on any atom is 0.343 e. The second kappa shape index (κ2) is 8.52. The summed E-state index contributed by atoms with van der Waals surface area (Å²) in [6.07, 6.45) is 1.25. The highest BCUT2D eigenvalue weighted by Gasteiger charge is 2.16. The summed E-state index contributed by atoms with van der Waals surface area (Å²) in [7, 11) is 0. The highest BCUT2D eigenvalue weighted by Crippen LogP contribution is 2.26. The first-order chi connectivity index (χ1) is 11.5. The number of aliphatic imine (C=N–C) groups is 1. The Hall–Kier alpha value is -2.30. The molecule has 0 fully saturated rings. The van der Waals surface area contributed by atoms with Gasteiger partial charge in [-0.05, 0) is 25.1 Å². The van der Waals surface area contributed by atoms with Crippen molar-refractivity contribution in [1.29, 1.82) is 0 Å². The van der Waals surface area contributed by atoms with Crippen molar-refractivity contribution in [3.8, 4) is 0 Å². The van der Waals surface area contributed by atoms with Crippen molar-refractivity contribution in [2.45, 2.75) is 6.92 Å². The van der Waals surface area contributed by atoms with E-state index in [1.165, 1.54) is 6.21 Å². The summed E-state index contributed by atoms with van der Waals surface area (Å²) in [5, 5.41) is 11.1. The highest BCUT2D eigenvalue weighted by atomic mass is 35.5. The van der Waals surface area contributed by atoms with Gasteiger partial charge in [-0.2, -0.15) is 0 Å². The second-order valence-corrected chi connectivity index (χ2v) is 5.52. The Morgan fingerprint density at radius 3 is 2.50 bits per heavy atom. The number of aliphatic hydroxyl groups is 1. The van der Waals surface area contributed by atoms with Gasteiger partial charge in [0.2, 0.25) is 0 Å². The molecule has 0 aliphatic carbocycles. The quantitative estimate of drug-likeness (QED) is 0.342. The van der Waals surface area contributed by atoms with Crippen molar-refractivity contribution in [3.05, 3.63) is 69.7 Å². The number of carbonyl (C=O) groups excluding carboxylic acids is 1. The van der Waals surface area contributed by atoms with E-state index in [-0.39, 0.29) is 17.9 Å². The van der Waals surface area contributed by atoms with Gasteiger partial charge in [0.05, 0.1) is 22.3 Å². The smallest absolute Gasteiger partial charge is 0.343 e. The minimum atomic E-state index is -0.664. The van der Waals surface area contributed by atoms with Crippen LogP contribution < -0.4 is 0 Å². The molecule has 4 nitrogen and oxygen atoms in total. The van der Waals surface area contributed by atoms with Gasteiger partial charge in [0.1, 0.15) is 11.3 Å². The summed E-state index contributed by atoms with van der Waals surface area (Å²) in [5.41, 5.74) is 0.933. The van der Waals surface area contributed by atoms with Crippen molar-refractivity contribution in [3.63, 3.8) is 0 Å². The number of aliphatic hydroxyl groups excluding tert-OH is 1. The predicted molar refractivity (Wildman–Crippen MR) is 97.2 cm³/mol. The fourth-order valence-corrected chi connectivity index (χ4v) is 2.17. The lowest BCUT2D eigenvalue weighted by molar-refractivity contribution is -0.137. The number of nitrogens with zero attached hydrogens (tertiary/aromatic N) is 1. The van der Waals surface area contributed by atoms with E-state index in [0.717, 1.165) is 0 Å². The molecule has 0 saturated heterocycles. The van der Waals surface area contributed by atoms with Crippen LogP contribution in [0.3, 0.4) is 0 Å². The molecule has 2 aromatic carbocycles. The normalized spacial score (nSPS) is 12.1. The van der Waals surface area contributed by atoms with Gasteiger partial charge in [-0.25, -0.2) is 4.79 Å². The molecule has 6 heteroatoms. The third kappa shape index (κ3) is 4.60. The van der Waals surface area contributed by atoms with E-state index in [1.54, 1.807) is 49.4 Å². The second-order valence-electron chi connectivity index (χ2n) is 4.71. The van der Waals surface area contributed by atoms with Crippen LogP contribution in [0.2, 0.25) is 10.0 Å². The number of halogens is 2. The minimum absolute atomic E-state index is 0.0471. The van der Waals surface area contributed by atoms with E-state index in [1.807, 2.05) is 6.07 Å². The molecular formula is C18H15Cl2NO3. The number of benzene rings is 2. The summed E-state index contributed by atoms with van der Waals surface area (Å²) in [6, 6.07) is 13.5. The van der Waals surface area contributed by atoms with Crippen LogP contribution in [0.1, 0.15) is 12.5 Å². The third-order valence-electron chi connectivity index (χ3n) is 3.04. The first-order valence-electron chi connectivity index (χ1n) is 7.17. The third-order valence-corrected chi connectivity index (χ3v) is 3.78. The first-order valence-corrected chi connectivity index (χ1v) is 7.93. The molecule has 0 aliphatic rings. The molecule has 1 N–H and O–H groups in total. The molecule has 0 radical (unpaired) electrons.